The number of nitro benzene ring substituents is 1. The molecule has 8 heteroatoms. The normalized spacial score (nSPS) is 11.6. The maximum absolute atomic E-state index is 12.0. The Bertz CT molecular complexity index is 684. The first-order chi connectivity index (χ1) is 9.33. The molecule has 0 bridgehead atoms. The predicted octanol–water partition coefficient (Wildman–Crippen LogP) is 3.41. The highest BCUT2D eigenvalue weighted by molar-refractivity contribution is 7.22. The number of alkyl halides is 1. The third kappa shape index (κ3) is 2.88. The Labute approximate surface area is 123 Å². The molecule has 0 spiro atoms. The summed E-state index contributed by atoms with van der Waals surface area (Å²) in [5.74, 6) is -0.0455. The fourth-order valence-corrected chi connectivity index (χ4v) is 2.42. The molecule has 0 radical (unpaired) electrons. The van der Waals surface area contributed by atoms with Crippen LogP contribution in [0.2, 0.25) is 0 Å². The first-order valence-corrected chi connectivity index (χ1v) is 7.11. The van der Waals surface area contributed by atoms with E-state index in [1.54, 1.807) is 19.9 Å². The zero-order valence-corrected chi connectivity index (χ0v) is 12.4. The molecule has 0 aliphatic heterocycles. The molecule has 106 valence electrons. The van der Waals surface area contributed by atoms with E-state index in [1.165, 1.54) is 23.5 Å². The lowest BCUT2D eigenvalue weighted by Gasteiger charge is -2.18. The summed E-state index contributed by atoms with van der Waals surface area (Å²) >= 11 is 6.93. The molecule has 0 saturated heterocycles. The van der Waals surface area contributed by atoms with Gasteiger partial charge in [-0.3, -0.25) is 14.9 Å². The van der Waals surface area contributed by atoms with Gasteiger partial charge < -0.3 is 5.32 Å². The number of nitrogens with zero attached hydrogens (tertiary/aromatic N) is 2. The molecule has 20 heavy (non-hydrogen) atoms. The van der Waals surface area contributed by atoms with Gasteiger partial charge >= 0.3 is 0 Å². The van der Waals surface area contributed by atoms with E-state index in [1.807, 2.05) is 0 Å². The van der Waals surface area contributed by atoms with Gasteiger partial charge in [0.15, 0.2) is 5.13 Å². The molecule has 1 amide bonds. The number of anilines is 1. The van der Waals surface area contributed by atoms with E-state index in [4.69, 9.17) is 11.6 Å². The lowest BCUT2D eigenvalue weighted by Crippen LogP contribution is -2.32. The van der Waals surface area contributed by atoms with Crippen LogP contribution in [0.3, 0.4) is 0 Å². The van der Waals surface area contributed by atoms with Gasteiger partial charge in [0, 0.05) is 18.0 Å². The summed E-state index contributed by atoms with van der Waals surface area (Å²) in [7, 11) is 0. The van der Waals surface area contributed by atoms with Crippen molar-refractivity contribution in [1.29, 1.82) is 0 Å². The molecule has 0 fully saturated rings. The fraction of sp³-hybridized carbons (Fsp3) is 0.333. The van der Waals surface area contributed by atoms with Crippen LogP contribution in [0.4, 0.5) is 10.8 Å². The second-order valence-electron chi connectivity index (χ2n) is 4.90. The van der Waals surface area contributed by atoms with Gasteiger partial charge in [-0.05, 0) is 19.9 Å². The summed E-state index contributed by atoms with van der Waals surface area (Å²) < 4.78 is 0.651. The zero-order chi connectivity index (χ0) is 14.9. The minimum atomic E-state index is -0.703. The summed E-state index contributed by atoms with van der Waals surface area (Å²) in [5, 5.41) is 13.8. The van der Waals surface area contributed by atoms with E-state index in [0.29, 0.717) is 15.3 Å². The van der Waals surface area contributed by atoms with Crippen LogP contribution in [0.1, 0.15) is 13.8 Å². The zero-order valence-electron chi connectivity index (χ0n) is 10.8. The number of hydrogen-bond donors (Lipinski definition) is 1. The summed E-state index contributed by atoms with van der Waals surface area (Å²) in [6.45, 7) is 3.46. The van der Waals surface area contributed by atoms with Gasteiger partial charge in [0.25, 0.3) is 5.69 Å². The Kier molecular flexibility index (Phi) is 3.92. The van der Waals surface area contributed by atoms with Crippen LogP contribution in [0.25, 0.3) is 10.2 Å². The number of benzene rings is 1. The van der Waals surface area contributed by atoms with Crippen molar-refractivity contribution in [2.75, 3.05) is 11.2 Å². The van der Waals surface area contributed by atoms with Crippen LogP contribution < -0.4 is 5.32 Å². The van der Waals surface area contributed by atoms with E-state index in [2.05, 4.69) is 10.3 Å². The SMILES string of the molecule is CC(C)(CCl)C(=O)Nc1nc2ccc([N+](=O)[O-])cc2s1. The number of carbonyl (C=O) groups is 1. The van der Waals surface area contributed by atoms with Crippen molar-refractivity contribution in [1.82, 2.24) is 4.98 Å². The molecule has 0 atom stereocenters. The van der Waals surface area contributed by atoms with E-state index in [0.717, 1.165) is 0 Å². The summed E-state index contributed by atoms with van der Waals surface area (Å²) in [4.78, 5) is 26.4. The number of halogens is 1. The van der Waals surface area contributed by atoms with Crippen LogP contribution in [0, 0.1) is 15.5 Å². The maximum Gasteiger partial charge on any atom is 0.270 e. The third-order valence-electron chi connectivity index (χ3n) is 2.75. The predicted molar refractivity (Wildman–Crippen MR) is 79.4 cm³/mol. The monoisotopic (exact) mass is 313 g/mol. The Hall–Kier alpha value is -1.73. The smallest absolute Gasteiger partial charge is 0.270 e. The number of amides is 1. The minimum Gasteiger partial charge on any atom is -0.301 e. The summed E-state index contributed by atoms with van der Waals surface area (Å²) in [5.41, 5.74) is -0.0921. The Morgan fingerprint density at radius 3 is 2.85 bits per heavy atom. The first-order valence-electron chi connectivity index (χ1n) is 5.76. The highest BCUT2D eigenvalue weighted by Crippen LogP contribution is 2.30. The molecule has 6 nitrogen and oxygen atoms in total. The number of thiazole rings is 1. The van der Waals surface area contributed by atoms with Crippen LogP contribution in [-0.4, -0.2) is 21.7 Å². The highest BCUT2D eigenvalue weighted by atomic mass is 35.5. The number of hydrogen-bond acceptors (Lipinski definition) is 5. The van der Waals surface area contributed by atoms with Crippen molar-refractivity contribution in [3.8, 4) is 0 Å². The Morgan fingerprint density at radius 1 is 1.55 bits per heavy atom. The number of nitrogens with one attached hydrogen (secondary N) is 1. The van der Waals surface area contributed by atoms with Crippen molar-refractivity contribution in [3.63, 3.8) is 0 Å². The van der Waals surface area contributed by atoms with Gasteiger partial charge in [-0.15, -0.1) is 11.6 Å². The molecular formula is C12H12ClN3O3S. The fourth-order valence-electron chi connectivity index (χ4n) is 1.41. The molecule has 2 aromatic rings. The average Bonchev–Trinajstić information content (AvgIpc) is 2.79. The second-order valence-corrected chi connectivity index (χ2v) is 6.20. The molecule has 0 saturated carbocycles. The number of aromatic nitrogens is 1. The van der Waals surface area contributed by atoms with Gasteiger partial charge in [0.2, 0.25) is 5.91 Å². The topological polar surface area (TPSA) is 85.1 Å². The molecule has 1 aromatic carbocycles. The maximum atomic E-state index is 12.0. The highest BCUT2D eigenvalue weighted by Gasteiger charge is 2.27. The van der Waals surface area contributed by atoms with Gasteiger partial charge in [-0.25, -0.2) is 4.98 Å². The van der Waals surface area contributed by atoms with Gasteiger partial charge in [-0.1, -0.05) is 11.3 Å². The van der Waals surface area contributed by atoms with Crippen molar-refractivity contribution in [2.24, 2.45) is 5.41 Å². The van der Waals surface area contributed by atoms with E-state index >= 15 is 0 Å². The second kappa shape index (κ2) is 5.34. The van der Waals surface area contributed by atoms with E-state index in [-0.39, 0.29) is 17.5 Å². The van der Waals surface area contributed by atoms with Crippen LogP contribution in [0.15, 0.2) is 18.2 Å². The molecule has 0 aliphatic carbocycles. The quantitative estimate of drug-likeness (QED) is 0.532. The lowest BCUT2D eigenvalue weighted by molar-refractivity contribution is -0.384. The third-order valence-corrected chi connectivity index (χ3v) is 4.35. The Balaban J connectivity index is 2.28. The van der Waals surface area contributed by atoms with E-state index in [9.17, 15) is 14.9 Å². The van der Waals surface area contributed by atoms with Crippen molar-refractivity contribution >= 4 is 49.9 Å². The molecular weight excluding hydrogens is 302 g/mol. The number of fused-ring (bicyclic) bond motifs is 1. The summed E-state index contributed by atoms with van der Waals surface area (Å²) in [6.07, 6.45) is 0. The number of rotatable bonds is 4. The molecule has 0 aliphatic rings. The van der Waals surface area contributed by atoms with Crippen LogP contribution in [-0.2, 0) is 4.79 Å². The largest absolute Gasteiger partial charge is 0.301 e. The van der Waals surface area contributed by atoms with Gasteiger partial charge in [0.1, 0.15) is 0 Å². The van der Waals surface area contributed by atoms with Gasteiger partial charge in [0.05, 0.1) is 20.6 Å². The van der Waals surface area contributed by atoms with Crippen molar-refractivity contribution < 1.29 is 9.72 Å². The van der Waals surface area contributed by atoms with E-state index < -0.39 is 10.3 Å². The van der Waals surface area contributed by atoms with Gasteiger partial charge in [-0.2, -0.15) is 0 Å². The average molecular weight is 314 g/mol. The molecule has 1 N–H and O–H groups in total. The number of non-ortho nitro benzene ring substituents is 1. The first kappa shape index (κ1) is 14.7. The Morgan fingerprint density at radius 2 is 2.25 bits per heavy atom. The molecule has 1 aromatic heterocycles. The van der Waals surface area contributed by atoms with Crippen molar-refractivity contribution in [3.05, 3.63) is 28.3 Å². The molecule has 0 unspecified atom stereocenters. The van der Waals surface area contributed by atoms with Crippen LogP contribution in [0.5, 0.6) is 0 Å². The number of carbonyl (C=O) groups excluding carboxylic acids is 1. The molecule has 1 heterocycles. The minimum absolute atomic E-state index is 0.000106. The van der Waals surface area contributed by atoms with Crippen LogP contribution >= 0.6 is 22.9 Å². The summed E-state index contributed by atoms with van der Waals surface area (Å²) in [6, 6.07) is 4.39. The number of nitro groups is 1. The standard InChI is InChI=1S/C12H12ClN3O3S/c1-12(2,6-13)10(17)15-11-14-8-4-3-7(16(18)19)5-9(8)20-11/h3-5H,6H2,1-2H3,(H,14,15,17). The van der Waals surface area contributed by atoms with Crippen molar-refractivity contribution in [2.45, 2.75) is 13.8 Å². The lowest BCUT2D eigenvalue weighted by atomic mass is 9.95. The molecule has 2 rings (SSSR count).